The monoisotopic (exact) mass is 441 g/mol. The predicted molar refractivity (Wildman–Crippen MR) is 96.2 cm³/mol. The van der Waals surface area contributed by atoms with Crippen LogP contribution in [0.1, 0.15) is 16.7 Å². The molecule has 0 radical (unpaired) electrons. The summed E-state index contributed by atoms with van der Waals surface area (Å²) >= 11 is 12.7. The number of benzene rings is 2. The molecule has 1 aliphatic rings. The standard InChI is InChI=1S/C16H10Br2ClNO2/c1-7-11(17)2-3-13-14(7)10(16(22)20-13)5-8-4-9(19)6-12(18)15(8)21/h2-6,21H,1H3,(H,20,22). The molecule has 1 heterocycles. The van der Waals surface area contributed by atoms with E-state index in [1.165, 1.54) is 0 Å². The molecule has 0 unspecified atom stereocenters. The van der Waals surface area contributed by atoms with Gasteiger partial charge in [-0.15, -0.1) is 0 Å². The van der Waals surface area contributed by atoms with Crippen molar-refractivity contribution in [2.75, 3.05) is 5.32 Å². The van der Waals surface area contributed by atoms with E-state index in [1.54, 1.807) is 18.2 Å². The quantitative estimate of drug-likeness (QED) is 0.582. The van der Waals surface area contributed by atoms with Gasteiger partial charge >= 0.3 is 0 Å². The summed E-state index contributed by atoms with van der Waals surface area (Å²) in [7, 11) is 0. The summed E-state index contributed by atoms with van der Waals surface area (Å²) in [6, 6.07) is 6.96. The van der Waals surface area contributed by atoms with Crippen molar-refractivity contribution in [1.82, 2.24) is 0 Å². The Balaban J connectivity index is 2.23. The first-order valence-corrected chi connectivity index (χ1v) is 8.35. The molecule has 0 saturated carbocycles. The molecule has 0 atom stereocenters. The SMILES string of the molecule is Cc1c(Br)ccc2c1C(=Cc1cc(Cl)cc(Br)c1O)C(=O)N2. The molecule has 0 aromatic heterocycles. The van der Waals surface area contributed by atoms with Gasteiger partial charge in [-0.1, -0.05) is 27.5 Å². The fourth-order valence-corrected chi connectivity index (χ4v) is 3.59. The van der Waals surface area contributed by atoms with Crippen molar-refractivity contribution >= 4 is 66.7 Å². The van der Waals surface area contributed by atoms with Gasteiger partial charge in [0.05, 0.1) is 10.0 Å². The van der Waals surface area contributed by atoms with Crippen LogP contribution in [-0.4, -0.2) is 11.0 Å². The number of nitrogens with one attached hydrogen (secondary N) is 1. The molecular formula is C16H10Br2ClNO2. The molecule has 1 amide bonds. The topological polar surface area (TPSA) is 49.3 Å². The summed E-state index contributed by atoms with van der Waals surface area (Å²) in [6.07, 6.45) is 1.65. The Kier molecular flexibility index (Phi) is 4.05. The number of phenolic OH excluding ortho intramolecular Hbond substituents is 1. The number of carbonyl (C=O) groups is 1. The third-order valence-electron chi connectivity index (χ3n) is 3.52. The van der Waals surface area contributed by atoms with E-state index in [2.05, 4.69) is 37.2 Å². The summed E-state index contributed by atoms with van der Waals surface area (Å²) in [5, 5.41) is 13.5. The number of anilines is 1. The van der Waals surface area contributed by atoms with Crippen LogP contribution in [0.5, 0.6) is 5.75 Å². The molecule has 0 fully saturated rings. The van der Waals surface area contributed by atoms with Gasteiger partial charge in [0, 0.05) is 26.3 Å². The summed E-state index contributed by atoms with van der Waals surface area (Å²) in [5.74, 6) is -0.155. The highest BCUT2D eigenvalue weighted by atomic mass is 79.9. The first-order chi connectivity index (χ1) is 10.4. The Hall–Kier alpha value is -1.30. The van der Waals surface area contributed by atoms with E-state index in [-0.39, 0.29) is 11.7 Å². The van der Waals surface area contributed by atoms with Crippen molar-refractivity contribution in [2.24, 2.45) is 0 Å². The summed E-state index contributed by atoms with van der Waals surface area (Å²) in [5.41, 5.74) is 3.53. The van der Waals surface area contributed by atoms with Crippen LogP contribution >= 0.6 is 43.5 Å². The maximum atomic E-state index is 12.3. The molecule has 0 bridgehead atoms. The number of hydrogen-bond donors (Lipinski definition) is 2. The van der Waals surface area contributed by atoms with Crippen LogP contribution in [0.15, 0.2) is 33.2 Å². The van der Waals surface area contributed by atoms with Crippen molar-refractivity contribution in [1.29, 1.82) is 0 Å². The van der Waals surface area contributed by atoms with Gasteiger partial charge < -0.3 is 10.4 Å². The van der Waals surface area contributed by atoms with Crippen LogP contribution in [0.4, 0.5) is 5.69 Å². The minimum atomic E-state index is -0.202. The molecule has 6 heteroatoms. The average Bonchev–Trinajstić information content (AvgIpc) is 2.77. The van der Waals surface area contributed by atoms with E-state index in [1.807, 2.05) is 19.1 Å². The summed E-state index contributed by atoms with van der Waals surface area (Å²) in [6.45, 7) is 1.94. The highest BCUT2D eigenvalue weighted by Crippen LogP contribution is 2.40. The van der Waals surface area contributed by atoms with Crippen LogP contribution in [0, 0.1) is 6.92 Å². The minimum Gasteiger partial charge on any atom is -0.506 e. The molecular weight excluding hydrogens is 433 g/mol. The van der Waals surface area contributed by atoms with Gasteiger partial charge in [-0.2, -0.15) is 0 Å². The van der Waals surface area contributed by atoms with Gasteiger partial charge in [-0.05, 0) is 58.8 Å². The van der Waals surface area contributed by atoms with E-state index in [0.717, 1.165) is 21.3 Å². The smallest absolute Gasteiger partial charge is 0.256 e. The number of amides is 1. The molecule has 0 saturated heterocycles. The maximum absolute atomic E-state index is 12.3. The van der Waals surface area contributed by atoms with Crippen LogP contribution < -0.4 is 5.32 Å². The van der Waals surface area contributed by atoms with Crippen molar-refractivity contribution in [3.8, 4) is 5.75 Å². The number of fused-ring (bicyclic) bond motifs is 1. The van der Waals surface area contributed by atoms with Crippen molar-refractivity contribution < 1.29 is 9.90 Å². The highest BCUT2D eigenvalue weighted by Gasteiger charge is 2.27. The first-order valence-electron chi connectivity index (χ1n) is 6.39. The Morgan fingerprint density at radius 2 is 1.95 bits per heavy atom. The Labute approximate surface area is 149 Å². The third kappa shape index (κ3) is 2.57. The van der Waals surface area contributed by atoms with Gasteiger partial charge in [0.15, 0.2) is 0 Å². The summed E-state index contributed by atoms with van der Waals surface area (Å²) < 4.78 is 1.40. The molecule has 2 aromatic rings. The first kappa shape index (κ1) is 15.6. The lowest BCUT2D eigenvalue weighted by Crippen LogP contribution is -2.03. The molecule has 2 aromatic carbocycles. The van der Waals surface area contributed by atoms with Crippen molar-refractivity contribution in [2.45, 2.75) is 6.92 Å². The predicted octanol–water partition coefficient (Wildman–Crippen LogP) is 5.37. The zero-order valence-corrected chi connectivity index (χ0v) is 15.3. The Bertz CT molecular complexity index is 847. The second-order valence-corrected chi connectivity index (χ2v) is 7.08. The van der Waals surface area contributed by atoms with Gasteiger partial charge in [-0.25, -0.2) is 0 Å². The lowest BCUT2D eigenvalue weighted by Gasteiger charge is -2.07. The number of phenols is 1. The Morgan fingerprint density at radius 3 is 2.68 bits per heavy atom. The molecule has 0 spiro atoms. The van der Waals surface area contributed by atoms with E-state index in [9.17, 15) is 9.90 Å². The molecule has 1 aliphatic heterocycles. The number of carbonyl (C=O) groups excluding carboxylic acids is 1. The maximum Gasteiger partial charge on any atom is 0.256 e. The summed E-state index contributed by atoms with van der Waals surface area (Å²) in [4.78, 5) is 12.3. The van der Waals surface area contributed by atoms with Crippen LogP contribution in [0.3, 0.4) is 0 Å². The van der Waals surface area contributed by atoms with Crippen LogP contribution in [0.25, 0.3) is 11.6 Å². The molecule has 22 heavy (non-hydrogen) atoms. The van der Waals surface area contributed by atoms with Gasteiger partial charge in [0.25, 0.3) is 5.91 Å². The largest absolute Gasteiger partial charge is 0.506 e. The molecule has 2 N–H and O–H groups in total. The number of halogens is 3. The van der Waals surface area contributed by atoms with Crippen LogP contribution in [-0.2, 0) is 4.79 Å². The fraction of sp³-hybridized carbons (Fsp3) is 0.0625. The zero-order chi connectivity index (χ0) is 16.0. The molecule has 112 valence electrons. The zero-order valence-electron chi connectivity index (χ0n) is 11.4. The van der Waals surface area contributed by atoms with Gasteiger partial charge in [0.2, 0.25) is 0 Å². The van der Waals surface area contributed by atoms with E-state index >= 15 is 0 Å². The van der Waals surface area contributed by atoms with Crippen molar-refractivity contribution in [3.05, 3.63) is 54.9 Å². The van der Waals surface area contributed by atoms with Gasteiger partial charge in [-0.3, -0.25) is 4.79 Å². The number of hydrogen-bond acceptors (Lipinski definition) is 2. The molecule has 3 rings (SSSR count). The third-order valence-corrected chi connectivity index (χ3v) is 5.20. The second kappa shape index (κ2) is 5.72. The Morgan fingerprint density at radius 1 is 1.23 bits per heavy atom. The lowest BCUT2D eigenvalue weighted by atomic mass is 9.99. The fourth-order valence-electron chi connectivity index (χ4n) is 2.43. The van der Waals surface area contributed by atoms with Crippen LogP contribution in [0.2, 0.25) is 5.02 Å². The number of aromatic hydroxyl groups is 1. The van der Waals surface area contributed by atoms with E-state index in [4.69, 9.17) is 11.6 Å². The van der Waals surface area contributed by atoms with E-state index < -0.39 is 0 Å². The number of rotatable bonds is 1. The molecule has 0 aliphatic carbocycles. The average molecular weight is 444 g/mol. The van der Waals surface area contributed by atoms with Gasteiger partial charge in [0.1, 0.15) is 5.75 Å². The lowest BCUT2D eigenvalue weighted by molar-refractivity contribution is -0.110. The van der Waals surface area contributed by atoms with E-state index in [0.29, 0.717) is 20.6 Å². The highest BCUT2D eigenvalue weighted by molar-refractivity contribution is 9.10. The normalized spacial score (nSPS) is 15.1. The second-order valence-electron chi connectivity index (χ2n) is 4.93. The van der Waals surface area contributed by atoms with Crippen molar-refractivity contribution in [3.63, 3.8) is 0 Å². The minimum absolute atomic E-state index is 0.0470. The molecule has 3 nitrogen and oxygen atoms in total.